The summed E-state index contributed by atoms with van der Waals surface area (Å²) in [6.07, 6.45) is 4.98. The zero-order valence-corrected chi connectivity index (χ0v) is 17.1. The average molecular weight is 383 g/mol. The Kier molecular flexibility index (Phi) is 7.12. The minimum absolute atomic E-state index is 0.103. The maximum absolute atomic E-state index is 12.8. The summed E-state index contributed by atoms with van der Waals surface area (Å²) in [4.78, 5) is 39.1. The van der Waals surface area contributed by atoms with Gasteiger partial charge in [-0.25, -0.2) is 9.59 Å². The summed E-state index contributed by atoms with van der Waals surface area (Å²) in [5.74, 6) is -0.616. The Hall–Kier alpha value is -1.79. The molecule has 0 aromatic carbocycles. The second kappa shape index (κ2) is 8.93. The number of hydrogen-bond donors (Lipinski definition) is 1. The van der Waals surface area contributed by atoms with Crippen molar-refractivity contribution in [2.75, 3.05) is 19.7 Å². The lowest BCUT2D eigenvalue weighted by Gasteiger charge is -2.38. The van der Waals surface area contributed by atoms with E-state index in [-0.39, 0.29) is 23.9 Å². The van der Waals surface area contributed by atoms with Gasteiger partial charge in [0, 0.05) is 19.0 Å². The summed E-state index contributed by atoms with van der Waals surface area (Å²) in [6, 6.07) is 0. The summed E-state index contributed by atoms with van der Waals surface area (Å²) in [7, 11) is 0. The SMILES string of the molecule is CCOC(=O)C1(NC(=O)C2CCN(C(=O)OC(C)(C)C)CC2)CCCCC1. The van der Waals surface area contributed by atoms with E-state index in [1.165, 1.54) is 0 Å². The van der Waals surface area contributed by atoms with E-state index >= 15 is 0 Å². The van der Waals surface area contributed by atoms with E-state index in [0.29, 0.717) is 45.4 Å². The van der Waals surface area contributed by atoms with Gasteiger partial charge in [-0.2, -0.15) is 0 Å². The summed E-state index contributed by atoms with van der Waals surface area (Å²) in [5, 5.41) is 3.02. The first kappa shape index (κ1) is 21.5. The molecule has 1 saturated carbocycles. The minimum Gasteiger partial charge on any atom is -0.464 e. The zero-order valence-electron chi connectivity index (χ0n) is 17.1. The first-order chi connectivity index (χ1) is 12.7. The summed E-state index contributed by atoms with van der Waals surface area (Å²) < 4.78 is 10.6. The second-order valence-corrected chi connectivity index (χ2v) is 8.59. The second-order valence-electron chi connectivity index (χ2n) is 8.59. The molecule has 1 aliphatic heterocycles. The molecule has 1 N–H and O–H groups in total. The van der Waals surface area contributed by atoms with Gasteiger partial charge in [-0.3, -0.25) is 4.79 Å². The van der Waals surface area contributed by atoms with Crippen LogP contribution in [0.3, 0.4) is 0 Å². The number of likely N-dealkylation sites (tertiary alicyclic amines) is 1. The van der Waals surface area contributed by atoms with E-state index in [0.717, 1.165) is 19.3 Å². The normalized spacial score (nSPS) is 20.7. The predicted molar refractivity (Wildman–Crippen MR) is 101 cm³/mol. The zero-order chi connectivity index (χ0) is 20.1. The van der Waals surface area contributed by atoms with Crippen LogP contribution in [0.15, 0.2) is 0 Å². The Morgan fingerprint density at radius 1 is 1.07 bits per heavy atom. The highest BCUT2D eigenvalue weighted by molar-refractivity contribution is 5.89. The Bertz CT molecular complexity index is 541. The van der Waals surface area contributed by atoms with E-state index in [4.69, 9.17) is 9.47 Å². The molecule has 0 aromatic rings. The van der Waals surface area contributed by atoms with Crippen LogP contribution in [0.2, 0.25) is 0 Å². The van der Waals surface area contributed by atoms with Crippen LogP contribution in [0, 0.1) is 5.92 Å². The predicted octanol–water partition coefficient (Wildman–Crippen LogP) is 3.02. The molecule has 2 rings (SSSR count). The monoisotopic (exact) mass is 382 g/mol. The van der Waals surface area contributed by atoms with E-state index in [9.17, 15) is 14.4 Å². The van der Waals surface area contributed by atoms with Gasteiger partial charge >= 0.3 is 12.1 Å². The van der Waals surface area contributed by atoms with Crippen molar-refractivity contribution in [3.8, 4) is 0 Å². The summed E-state index contributed by atoms with van der Waals surface area (Å²) in [6.45, 7) is 8.57. The van der Waals surface area contributed by atoms with Gasteiger partial charge < -0.3 is 19.7 Å². The third kappa shape index (κ3) is 5.84. The molecule has 2 aliphatic rings. The molecule has 0 bridgehead atoms. The highest BCUT2D eigenvalue weighted by Gasteiger charge is 2.43. The van der Waals surface area contributed by atoms with Gasteiger partial charge in [0.15, 0.2) is 0 Å². The number of nitrogens with one attached hydrogen (secondary N) is 1. The fraction of sp³-hybridized carbons (Fsp3) is 0.850. The number of rotatable bonds is 4. The van der Waals surface area contributed by atoms with Crippen LogP contribution in [0.25, 0.3) is 0 Å². The van der Waals surface area contributed by atoms with Crippen molar-refractivity contribution in [3.05, 3.63) is 0 Å². The maximum atomic E-state index is 12.8. The lowest BCUT2D eigenvalue weighted by Crippen LogP contribution is -2.58. The van der Waals surface area contributed by atoms with Crippen LogP contribution in [0.1, 0.15) is 72.6 Å². The quantitative estimate of drug-likeness (QED) is 0.756. The van der Waals surface area contributed by atoms with Gasteiger partial charge in [-0.05, 0) is 53.4 Å². The number of esters is 1. The average Bonchev–Trinajstić information content (AvgIpc) is 2.61. The van der Waals surface area contributed by atoms with E-state index in [2.05, 4.69) is 5.32 Å². The number of carbonyl (C=O) groups excluding carboxylic acids is 3. The fourth-order valence-electron chi connectivity index (χ4n) is 3.79. The molecule has 154 valence electrons. The summed E-state index contributed by atoms with van der Waals surface area (Å²) in [5.41, 5.74) is -1.41. The third-order valence-corrected chi connectivity index (χ3v) is 5.25. The molecule has 1 heterocycles. The molecule has 1 saturated heterocycles. The van der Waals surface area contributed by atoms with Gasteiger partial charge in [-0.15, -0.1) is 0 Å². The van der Waals surface area contributed by atoms with Crippen molar-refractivity contribution in [2.45, 2.75) is 83.8 Å². The van der Waals surface area contributed by atoms with Crippen LogP contribution < -0.4 is 5.32 Å². The number of nitrogens with zero attached hydrogens (tertiary/aromatic N) is 1. The molecule has 27 heavy (non-hydrogen) atoms. The Morgan fingerprint density at radius 3 is 2.19 bits per heavy atom. The molecule has 1 aliphatic carbocycles. The Morgan fingerprint density at radius 2 is 1.67 bits per heavy atom. The first-order valence-electron chi connectivity index (χ1n) is 10.1. The van der Waals surface area contributed by atoms with Crippen LogP contribution in [-0.2, 0) is 19.1 Å². The van der Waals surface area contributed by atoms with Gasteiger partial charge in [0.1, 0.15) is 11.1 Å². The van der Waals surface area contributed by atoms with Crippen molar-refractivity contribution < 1.29 is 23.9 Å². The highest BCUT2D eigenvalue weighted by atomic mass is 16.6. The number of amides is 2. The molecule has 7 nitrogen and oxygen atoms in total. The molecule has 0 atom stereocenters. The molecule has 0 unspecified atom stereocenters. The largest absolute Gasteiger partial charge is 0.464 e. The lowest BCUT2D eigenvalue weighted by atomic mass is 9.80. The van der Waals surface area contributed by atoms with Gasteiger partial charge in [0.2, 0.25) is 5.91 Å². The summed E-state index contributed by atoms with van der Waals surface area (Å²) >= 11 is 0. The highest BCUT2D eigenvalue weighted by Crippen LogP contribution is 2.31. The molecule has 0 spiro atoms. The molecule has 0 radical (unpaired) electrons. The molecule has 7 heteroatoms. The van der Waals surface area contributed by atoms with Gasteiger partial charge in [0.05, 0.1) is 6.61 Å². The molecule has 2 fully saturated rings. The Balaban J connectivity index is 1.92. The molecular weight excluding hydrogens is 348 g/mol. The number of ether oxygens (including phenoxy) is 2. The fourth-order valence-corrected chi connectivity index (χ4v) is 3.79. The van der Waals surface area contributed by atoms with Gasteiger partial charge in [0.25, 0.3) is 0 Å². The van der Waals surface area contributed by atoms with Crippen LogP contribution in [0.5, 0.6) is 0 Å². The van der Waals surface area contributed by atoms with Crippen LogP contribution >= 0.6 is 0 Å². The maximum Gasteiger partial charge on any atom is 0.410 e. The van der Waals surface area contributed by atoms with Crippen molar-refractivity contribution in [1.29, 1.82) is 0 Å². The number of piperidine rings is 1. The van der Waals surface area contributed by atoms with E-state index in [1.54, 1.807) is 11.8 Å². The lowest BCUT2D eigenvalue weighted by molar-refractivity contribution is -0.155. The standard InChI is InChI=1S/C20H34N2O5/c1-5-26-17(24)20(11-7-6-8-12-20)21-16(23)15-9-13-22(14-10-15)18(25)27-19(2,3)4/h15H,5-14H2,1-4H3,(H,21,23). The van der Waals surface area contributed by atoms with Crippen molar-refractivity contribution in [2.24, 2.45) is 5.92 Å². The van der Waals surface area contributed by atoms with Crippen LogP contribution in [-0.4, -0.2) is 53.7 Å². The van der Waals surface area contributed by atoms with Crippen molar-refractivity contribution in [3.63, 3.8) is 0 Å². The minimum atomic E-state index is -0.881. The van der Waals surface area contributed by atoms with Gasteiger partial charge in [-0.1, -0.05) is 19.3 Å². The topological polar surface area (TPSA) is 84.9 Å². The van der Waals surface area contributed by atoms with Crippen molar-refractivity contribution in [1.82, 2.24) is 10.2 Å². The smallest absolute Gasteiger partial charge is 0.410 e. The van der Waals surface area contributed by atoms with Crippen LogP contribution in [0.4, 0.5) is 4.79 Å². The third-order valence-electron chi connectivity index (χ3n) is 5.25. The number of hydrogen-bond acceptors (Lipinski definition) is 5. The first-order valence-corrected chi connectivity index (χ1v) is 10.1. The van der Waals surface area contributed by atoms with E-state index in [1.807, 2.05) is 20.8 Å². The molecular formula is C20H34N2O5. The Labute approximate surface area is 162 Å². The van der Waals surface area contributed by atoms with E-state index < -0.39 is 11.1 Å². The van der Waals surface area contributed by atoms with Crippen molar-refractivity contribution >= 4 is 18.0 Å². The molecule has 0 aromatic heterocycles. The number of carbonyl (C=O) groups is 3. The molecule has 2 amide bonds.